The van der Waals surface area contributed by atoms with Crippen LogP contribution in [0.5, 0.6) is 5.75 Å². The van der Waals surface area contributed by atoms with Crippen molar-refractivity contribution in [3.8, 4) is 11.8 Å². The SMILES string of the molecule is N#Cc1ccc(OC2CCCC2)c(F)c1. The molecule has 0 atom stereocenters. The van der Waals surface area contributed by atoms with E-state index in [2.05, 4.69) is 0 Å². The minimum Gasteiger partial charge on any atom is -0.487 e. The minimum atomic E-state index is -0.444. The zero-order chi connectivity index (χ0) is 10.7. The van der Waals surface area contributed by atoms with Crippen LogP contribution in [-0.2, 0) is 0 Å². The molecule has 1 saturated carbocycles. The third-order valence-corrected chi connectivity index (χ3v) is 2.66. The maximum atomic E-state index is 13.4. The number of rotatable bonds is 2. The predicted octanol–water partition coefficient (Wildman–Crippen LogP) is 3.02. The van der Waals surface area contributed by atoms with E-state index in [0.29, 0.717) is 5.56 Å². The quantitative estimate of drug-likeness (QED) is 0.743. The van der Waals surface area contributed by atoms with Gasteiger partial charge in [0, 0.05) is 0 Å². The fraction of sp³-hybridized carbons (Fsp3) is 0.417. The lowest BCUT2D eigenvalue weighted by atomic mass is 10.2. The van der Waals surface area contributed by atoms with E-state index in [4.69, 9.17) is 10.00 Å². The van der Waals surface area contributed by atoms with E-state index in [0.717, 1.165) is 25.7 Å². The average molecular weight is 205 g/mol. The normalized spacial score (nSPS) is 16.3. The van der Waals surface area contributed by atoms with Crippen LogP contribution in [0.4, 0.5) is 4.39 Å². The van der Waals surface area contributed by atoms with Gasteiger partial charge >= 0.3 is 0 Å². The first-order valence-electron chi connectivity index (χ1n) is 5.16. The van der Waals surface area contributed by atoms with E-state index < -0.39 is 5.82 Å². The molecule has 15 heavy (non-hydrogen) atoms. The van der Waals surface area contributed by atoms with E-state index in [1.807, 2.05) is 6.07 Å². The summed E-state index contributed by atoms with van der Waals surface area (Å²) in [6.07, 6.45) is 4.46. The molecule has 0 bridgehead atoms. The molecule has 0 aromatic heterocycles. The summed E-state index contributed by atoms with van der Waals surface area (Å²) < 4.78 is 18.9. The van der Waals surface area contributed by atoms with Gasteiger partial charge in [-0.2, -0.15) is 5.26 Å². The molecule has 2 rings (SSSR count). The van der Waals surface area contributed by atoms with Crippen LogP contribution in [0.2, 0.25) is 0 Å². The number of ether oxygens (including phenoxy) is 1. The van der Waals surface area contributed by atoms with Gasteiger partial charge in [-0.05, 0) is 43.9 Å². The smallest absolute Gasteiger partial charge is 0.166 e. The molecule has 0 radical (unpaired) electrons. The zero-order valence-electron chi connectivity index (χ0n) is 8.37. The molecule has 1 aromatic carbocycles. The van der Waals surface area contributed by atoms with Crippen molar-refractivity contribution in [2.45, 2.75) is 31.8 Å². The average Bonchev–Trinajstić information content (AvgIpc) is 2.74. The molecule has 78 valence electrons. The lowest BCUT2D eigenvalue weighted by Crippen LogP contribution is -2.11. The fourth-order valence-electron chi connectivity index (χ4n) is 1.85. The Hall–Kier alpha value is -1.56. The van der Waals surface area contributed by atoms with Gasteiger partial charge in [0.1, 0.15) is 0 Å². The number of benzene rings is 1. The van der Waals surface area contributed by atoms with Crippen molar-refractivity contribution in [3.05, 3.63) is 29.6 Å². The Bertz CT molecular complexity index is 391. The van der Waals surface area contributed by atoms with Crippen molar-refractivity contribution < 1.29 is 9.13 Å². The highest BCUT2D eigenvalue weighted by atomic mass is 19.1. The molecule has 1 fully saturated rings. The van der Waals surface area contributed by atoms with Crippen molar-refractivity contribution in [2.75, 3.05) is 0 Å². The van der Waals surface area contributed by atoms with Gasteiger partial charge in [-0.1, -0.05) is 0 Å². The number of halogens is 1. The summed E-state index contributed by atoms with van der Waals surface area (Å²) in [5, 5.41) is 8.58. The summed E-state index contributed by atoms with van der Waals surface area (Å²) in [5.41, 5.74) is 0.325. The molecule has 0 amide bonds. The van der Waals surface area contributed by atoms with Crippen LogP contribution in [0, 0.1) is 17.1 Å². The monoisotopic (exact) mass is 205 g/mol. The Labute approximate surface area is 88.3 Å². The third-order valence-electron chi connectivity index (χ3n) is 2.66. The lowest BCUT2D eigenvalue weighted by molar-refractivity contribution is 0.200. The summed E-state index contributed by atoms with van der Waals surface area (Å²) >= 11 is 0. The van der Waals surface area contributed by atoms with Crippen LogP contribution in [0.25, 0.3) is 0 Å². The van der Waals surface area contributed by atoms with Crippen molar-refractivity contribution in [2.24, 2.45) is 0 Å². The van der Waals surface area contributed by atoms with Gasteiger partial charge in [-0.15, -0.1) is 0 Å². The third kappa shape index (κ3) is 2.27. The van der Waals surface area contributed by atoms with Crippen LogP contribution in [0.15, 0.2) is 18.2 Å². The molecule has 0 aliphatic heterocycles. The molecular weight excluding hydrogens is 193 g/mol. The van der Waals surface area contributed by atoms with Crippen molar-refractivity contribution >= 4 is 0 Å². The van der Waals surface area contributed by atoms with Crippen LogP contribution in [0.1, 0.15) is 31.2 Å². The van der Waals surface area contributed by atoms with Crippen LogP contribution in [0.3, 0.4) is 0 Å². The number of nitriles is 1. The summed E-state index contributed by atoms with van der Waals surface area (Å²) in [6.45, 7) is 0. The Kier molecular flexibility index (Phi) is 2.86. The van der Waals surface area contributed by atoms with E-state index in [1.165, 1.54) is 12.1 Å². The molecular formula is C12H12FNO. The van der Waals surface area contributed by atoms with Crippen LogP contribution in [-0.4, -0.2) is 6.10 Å². The Morgan fingerprint density at radius 2 is 2.07 bits per heavy atom. The van der Waals surface area contributed by atoms with E-state index in [-0.39, 0.29) is 11.9 Å². The van der Waals surface area contributed by atoms with E-state index in [9.17, 15) is 4.39 Å². The molecule has 1 aromatic rings. The Balaban J connectivity index is 2.11. The number of hydrogen-bond donors (Lipinski definition) is 0. The molecule has 0 spiro atoms. The minimum absolute atomic E-state index is 0.146. The molecule has 0 heterocycles. The largest absolute Gasteiger partial charge is 0.487 e. The summed E-state index contributed by atoms with van der Waals surface area (Å²) in [7, 11) is 0. The van der Waals surface area contributed by atoms with Crippen molar-refractivity contribution in [1.82, 2.24) is 0 Å². The van der Waals surface area contributed by atoms with Crippen LogP contribution < -0.4 is 4.74 Å². The standard InChI is InChI=1S/C12H12FNO/c13-11-7-9(8-14)5-6-12(11)15-10-3-1-2-4-10/h5-7,10H,1-4H2. The molecule has 1 aliphatic carbocycles. The van der Waals surface area contributed by atoms with Gasteiger partial charge in [0.25, 0.3) is 0 Å². The Morgan fingerprint density at radius 3 is 2.67 bits per heavy atom. The molecule has 2 nitrogen and oxygen atoms in total. The van der Waals surface area contributed by atoms with Crippen molar-refractivity contribution in [1.29, 1.82) is 5.26 Å². The number of nitrogens with zero attached hydrogens (tertiary/aromatic N) is 1. The Morgan fingerprint density at radius 1 is 1.33 bits per heavy atom. The van der Waals surface area contributed by atoms with Gasteiger partial charge in [0.05, 0.1) is 17.7 Å². The molecule has 0 saturated heterocycles. The van der Waals surface area contributed by atoms with Gasteiger partial charge in [-0.25, -0.2) is 4.39 Å². The second-order valence-corrected chi connectivity index (χ2v) is 3.78. The fourth-order valence-corrected chi connectivity index (χ4v) is 1.85. The maximum Gasteiger partial charge on any atom is 0.166 e. The highest BCUT2D eigenvalue weighted by molar-refractivity contribution is 5.36. The predicted molar refractivity (Wildman–Crippen MR) is 54.0 cm³/mol. The number of hydrogen-bond acceptors (Lipinski definition) is 2. The van der Waals surface area contributed by atoms with Gasteiger partial charge < -0.3 is 4.74 Å². The highest BCUT2D eigenvalue weighted by Crippen LogP contribution is 2.26. The van der Waals surface area contributed by atoms with Crippen molar-refractivity contribution in [3.63, 3.8) is 0 Å². The van der Waals surface area contributed by atoms with Gasteiger partial charge in [0.2, 0.25) is 0 Å². The summed E-state index contributed by atoms with van der Waals surface area (Å²) in [6, 6.07) is 6.22. The molecule has 0 N–H and O–H groups in total. The second-order valence-electron chi connectivity index (χ2n) is 3.78. The van der Waals surface area contributed by atoms with E-state index in [1.54, 1.807) is 6.07 Å². The van der Waals surface area contributed by atoms with Crippen LogP contribution >= 0.6 is 0 Å². The first-order valence-corrected chi connectivity index (χ1v) is 5.16. The maximum absolute atomic E-state index is 13.4. The molecule has 1 aliphatic rings. The molecule has 3 heteroatoms. The first kappa shape index (κ1) is 9.97. The summed E-state index contributed by atoms with van der Waals surface area (Å²) in [5.74, 6) is -0.179. The molecule has 0 unspecified atom stereocenters. The zero-order valence-corrected chi connectivity index (χ0v) is 8.37. The summed E-state index contributed by atoms with van der Waals surface area (Å²) in [4.78, 5) is 0. The van der Waals surface area contributed by atoms with E-state index >= 15 is 0 Å². The topological polar surface area (TPSA) is 33.0 Å². The highest BCUT2D eigenvalue weighted by Gasteiger charge is 2.18. The van der Waals surface area contributed by atoms with Gasteiger partial charge in [0.15, 0.2) is 11.6 Å². The second kappa shape index (κ2) is 4.31. The first-order chi connectivity index (χ1) is 7.29. The van der Waals surface area contributed by atoms with Gasteiger partial charge in [-0.3, -0.25) is 0 Å². The lowest BCUT2D eigenvalue weighted by Gasteiger charge is -2.13.